The van der Waals surface area contributed by atoms with Crippen LogP contribution in [-0.2, 0) is 13.0 Å². The predicted molar refractivity (Wildman–Crippen MR) is 76.1 cm³/mol. The molecule has 3 fully saturated rings. The molecule has 2 bridgehead atoms. The Morgan fingerprint density at radius 1 is 1.17 bits per heavy atom. The first-order chi connectivity index (χ1) is 8.86. The summed E-state index contributed by atoms with van der Waals surface area (Å²) in [5.74, 6) is 0.990. The molecule has 1 aromatic rings. The molecule has 1 unspecified atom stereocenters. The summed E-state index contributed by atoms with van der Waals surface area (Å²) < 4.78 is 0. The zero-order valence-electron chi connectivity index (χ0n) is 11.0. The summed E-state index contributed by atoms with van der Waals surface area (Å²) in [5, 5.41) is 0. The van der Waals surface area contributed by atoms with Crippen LogP contribution in [0.3, 0.4) is 0 Å². The molecule has 4 rings (SSSR count). The second kappa shape index (κ2) is 5.23. The molecule has 2 nitrogen and oxygen atoms in total. The van der Waals surface area contributed by atoms with E-state index in [1.165, 1.54) is 49.9 Å². The lowest BCUT2D eigenvalue weighted by atomic mass is 9.81. The summed E-state index contributed by atoms with van der Waals surface area (Å²) in [6, 6.07) is 9.49. The highest BCUT2D eigenvalue weighted by Gasteiger charge is 2.33. The Kier molecular flexibility index (Phi) is 3.46. The van der Waals surface area contributed by atoms with Gasteiger partial charge in [-0.25, -0.2) is 0 Å². The highest BCUT2D eigenvalue weighted by Crippen LogP contribution is 2.33. The van der Waals surface area contributed by atoms with Crippen LogP contribution in [-0.4, -0.2) is 30.7 Å². The van der Waals surface area contributed by atoms with Crippen LogP contribution in [0.4, 0.5) is 0 Å². The van der Waals surface area contributed by atoms with Crippen LogP contribution in [0, 0.1) is 5.92 Å². The number of piperidine rings is 3. The zero-order valence-corrected chi connectivity index (χ0v) is 11.0. The molecule has 0 spiro atoms. The Bertz CT molecular complexity index is 419. The number of rotatable bonds is 4. The van der Waals surface area contributed by atoms with Crippen molar-refractivity contribution < 1.29 is 0 Å². The van der Waals surface area contributed by atoms with Crippen LogP contribution in [0.1, 0.15) is 30.4 Å². The van der Waals surface area contributed by atoms with Gasteiger partial charge in [-0.3, -0.25) is 4.99 Å². The third kappa shape index (κ3) is 2.35. The summed E-state index contributed by atoms with van der Waals surface area (Å²) in [6.07, 6.45) is 5.44. The number of aliphatic imine (C=N–C) groups is 1. The highest BCUT2D eigenvalue weighted by atomic mass is 15.2. The SMILES string of the molecule is C=NCc1ccccc1CC1CC2CCN1CC2. The average Bonchev–Trinajstić information content (AvgIpc) is 2.43. The molecule has 96 valence electrons. The van der Waals surface area contributed by atoms with Gasteiger partial charge in [-0.2, -0.15) is 0 Å². The second-order valence-electron chi connectivity index (χ2n) is 5.72. The third-order valence-electron chi connectivity index (χ3n) is 4.63. The maximum atomic E-state index is 4.04. The smallest absolute Gasteiger partial charge is 0.0635 e. The fourth-order valence-corrected chi connectivity index (χ4v) is 3.59. The molecule has 0 radical (unpaired) electrons. The van der Waals surface area contributed by atoms with Gasteiger partial charge in [-0.05, 0) is 62.5 Å². The second-order valence-corrected chi connectivity index (χ2v) is 5.72. The van der Waals surface area contributed by atoms with Gasteiger partial charge in [0.25, 0.3) is 0 Å². The Morgan fingerprint density at radius 3 is 2.50 bits per heavy atom. The van der Waals surface area contributed by atoms with Crippen molar-refractivity contribution in [3.05, 3.63) is 35.4 Å². The molecule has 0 saturated carbocycles. The lowest BCUT2D eigenvalue weighted by Gasteiger charge is -2.45. The summed E-state index contributed by atoms with van der Waals surface area (Å²) in [7, 11) is 0. The summed E-state index contributed by atoms with van der Waals surface area (Å²) in [5.41, 5.74) is 2.83. The minimum Gasteiger partial charge on any atom is -0.300 e. The third-order valence-corrected chi connectivity index (χ3v) is 4.63. The first-order valence-corrected chi connectivity index (χ1v) is 7.10. The molecule has 3 aliphatic heterocycles. The largest absolute Gasteiger partial charge is 0.300 e. The molecule has 0 aromatic heterocycles. The number of nitrogens with zero attached hydrogens (tertiary/aromatic N) is 2. The first kappa shape index (κ1) is 11.9. The number of hydrogen-bond acceptors (Lipinski definition) is 2. The molecule has 2 heteroatoms. The van der Waals surface area contributed by atoms with Gasteiger partial charge in [0.15, 0.2) is 0 Å². The van der Waals surface area contributed by atoms with Crippen molar-refractivity contribution in [2.45, 2.75) is 38.3 Å². The van der Waals surface area contributed by atoms with Gasteiger partial charge >= 0.3 is 0 Å². The van der Waals surface area contributed by atoms with Gasteiger partial charge in [-0.15, -0.1) is 0 Å². The molecule has 3 heterocycles. The maximum absolute atomic E-state index is 4.04. The number of benzene rings is 1. The van der Waals surface area contributed by atoms with Crippen molar-refractivity contribution in [3.63, 3.8) is 0 Å². The molecule has 0 amide bonds. The monoisotopic (exact) mass is 242 g/mol. The van der Waals surface area contributed by atoms with Crippen molar-refractivity contribution >= 4 is 6.72 Å². The van der Waals surface area contributed by atoms with Crippen LogP contribution in [0.2, 0.25) is 0 Å². The van der Waals surface area contributed by atoms with E-state index >= 15 is 0 Å². The minimum absolute atomic E-state index is 0.756. The maximum Gasteiger partial charge on any atom is 0.0635 e. The molecular weight excluding hydrogens is 220 g/mol. The van der Waals surface area contributed by atoms with Crippen molar-refractivity contribution in [2.75, 3.05) is 13.1 Å². The average molecular weight is 242 g/mol. The molecule has 1 atom stereocenters. The van der Waals surface area contributed by atoms with Crippen LogP contribution in [0.25, 0.3) is 0 Å². The van der Waals surface area contributed by atoms with E-state index in [0.717, 1.165) is 18.5 Å². The lowest BCUT2D eigenvalue weighted by Crippen LogP contribution is -2.49. The fraction of sp³-hybridized carbons (Fsp3) is 0.562. The van der Waals surface area contributed by atoms with Gasteiger partial charge in [-0.1, -0.05) is 24.3 Å². The van der Waals surface area contributed by atoms with E-state index in [9.17, 15) is 0 Å². The molecule has 3 aliphatic rings. The Balaban J connectivity index is 1.74. The number of hydrogen-bond donors (Lipinski definition) is 0. The van der Waals surface area contributed by atoms with Crippen molar-refractivity contribution in [1.29, 1.82) is 0 Å². The standard InChI is InChI=1S/C16H22N2/c1-17-12-15-5-3-2-4-14(15)11-16-10-13-6-8-18(16)9-7-13/h2-5,13,16H,1,6-12H2. The van der Waals surface area contributed by atoms with Crippen molar-refractivity contribution in [2.24, 2.45) is 10.9 Å². The van der Waals surface area contributed by atoms with Gasteiger partial charge in [0, 0.05) is 6.04 Å². The number of fused-ring (bicyclic) bond motifs is 3. The van der Waals surface area contributed by atoms with E-state index in [-0.39, 0.29) is 0 Å². The molecule has 1 aromatic carbocycles. The minimum atomic E-state index is 0.756. The Hall–Kier alpha value is -1.15. The molecular formula is C16H22N2. The lowest BCUT2D eigenvalue weighted by molar-refractivity contribution is 0.0497. The van der Waals surface area contributed by atoms with E-state index in [0.29, 0.717) is 0 Å². The van der Waals surface area contributed by atoms with Gasteiger partial charge in [0.05, 0.1) is 6.54 Å². The molecule has 18 heavy (non-hydrogen) atoms. The van der Waals surface area contributed by atoms with Crippen molar-refractivity contribution in [3.8, 4) is 0 Å². The van der Waals surface area contributed by atoms with Crippen LogP contribution < -0.4 is 0 Å². The van der Waals surface area contributed by atoms with Crippen LogP contribution in [0.15, 0.2) is 29.3 Å². The summed E-state index contributed by atoms with van der Waals surface area (Å²) in [6.45, 7) is 7.01. The summed E-state index contributed by atoms with van der Waals surface area (Å²) in [4.78, 5) is 6.74. The molecule has 0 aliphatic carbocycles. The van der Waals surface area contributed by atoms with E-state index in [4.69, 9.17) is 0 Å². The highest BCUT2D eigenvalue weighted by molar-refractivity contribution is 5.31. The van der Waals surface area contributed by atoms with E-state index in [1.807, 2.05) is 0 Å². The molecule has 0 N–H and O–H groups in total. The van der Waals surface area contributed by atoms with E-state index in [1.54, 1.807) is 0 Å². The topological polar surface area (TPSA) is 15.6 Å². The van der Waals surface area contributed by atoms with Crippen LogP contribution in [0.5, 0.6) is 0 Å². The Labute approximate surface area is 110 Å². The molecule has 3 saturated heterocycles. The zero-order chi connectivity index (χ0) is 12.4. The quantitative estimate of drug-likeness (QED) is 0.741. The van der Waals surface area contributed by atoms with Gasteiger partial charge in [0.1, 0.15) is 0 Å². The van der Waals surface area contributed by atoms with Gasteiger partial charge in [0.2, 0.25) is 0 Å². The Morgan fingerprint density at radius 2 is 1.89 bits per heavy atom. The van der Waals surface area contributed by atoms with Crippen LogP contribution >= 0.6 is 0 Å². The van der Waals surface area contributed by atoms with Gasteiger partial charge < -0.3 is 4.90 Å². The predicted octanol–water partition coefficient (Wildman–Crippen LogP) is 2.91. The fourth-order valence-electron chi connectivity index (χ4n) is 3.59. The first-order valence-electron chi connectivity index (χ1n) is 7.10. The normalized spacial score (nSPS) is 30.3. The van der Waals surface area contributed by atoms with E-state index in [2.05, 4.69) is 40.9 Å². The van der Waals surface area contributed by atoms with E-state index < -0.39 is 0 Å². The van der Waals surface area contributed by atoms with Crippen molar-refractivity contribution in [1.82, 2.24) is 4.90 Å². The summed E-state index contributed by atoms with van der Waals surface area (Å²) >= 11 is 0.